The topological polar surface area (TPSA) is 90.5 Å². The number of nitrogens with one attached hydrogen (secondary N) is 1. The quantitative estimate of drug-likeness (QED) is 0.821. The van der Waals surface area contributed by atoms with Gasteiger partial charge in [0, 0.05) is 13.0 Å². The number of tetrazole rings is 1. The predicted molar refractivity (Wildman–Crippen MR) is 98.6 cm³/mol. The van der Waals surface area contributed by atoms with Crippen LogP contribution in [-0.4, -0.2) is 35.9 Å². The number of nitrogens with zero attached hydrogens (tertiary/aromatic N) is 6. The SMILES string of the molecule is CCCn1nc(C)c(NC(=O)CC2(Cn3cnnn3)CCCCC2)c1C. The molecule has 2 aromatic heterocycles. The lowest BCUT2D eigenvalue weighted by Crippen LogP contribution is -2.34. The zero-order valence-corrected chi connectivity index (χ0v) is 16.0. The molecule has 0 saturated heterocycles. The molecule has 0 aromatic carbocycles. The van der Waals surface area contributed by atoms with Crippen LogP contribution in [0.25, 0.3) is 0 Å². The van der Waals surface area contributed by atoms with Gasteiger partial charge >= 0.3 is 0 Å². The van der Waals surface area contributed by atoms with Gasteiger partial charge in [-0.15, -0.1) is 5.10 Å². The molecular formula is C18H29N7O. The average Bonchev–Trinajstić information content (AvgIpc) is 3.20. The molecule has 0 bridgehead atoms. The highest BCUT2D eigenvalue weighted by Crippen LogP contribution is 2.41. The minimum atomic E-state index is -0.0705. The molecule has 1 aliphatic rings. The molecule has 0 atom stereocenters. The molecule has 26 heavy (non-hydrogen) atoms. The van der Waals surface area contributed by atoms with Crippen LogP contribution in [0, 0.1) is 19.3 Å². The van der Waals surface area contributed by atoms with E-state index in [1.807, 2.05) is 18.5 Å². The van der Waals surface area contributed by atoms with E-state index in [0.29, 0.717) is 13.0 Å². The normalized spacial score (nSPS) is 16.6. The van der Waals surface area contributed by atoms with Crippen LogP contribution in [0.1, 0.15) is 63.3 Å². The summed E-state index contributed by atoms with van der Waals surface area (Å²) in [4.78, 5) is 12.9. The molecule has 0 radical (unpaired) electrons. The highest BCUT2D eigenvalue weighted by atomic mass is 16.1. The largest absolute Gasteiger partial charge is 0.323 e. The third-order valence-electron chi connectivity index (χ3n) is 5.42. The number of aromatic nitrogens is 6. The Morgan fingerprint density at radius 2 is 2.04 bits per heavy atom. The fourth-order valence-electron chi connectivity index (χ4n) is 4.12. The summed E-state index contributed by atoms with van der Waals surface area (Å²) in [5, 5.41) is 19.1. The van der Waals surface area contributed by atoms with Gasteiger partial charge in [-0.2, -0.15) is 5.10 Å². The number of amides is 1. The van der Waals surface area contributed by atoms with E-state index in [1.54, 1.807) is 11.0 Å². The summed E-state index contributed by atoms with van der Waals surface area (Å²) in [7, 11) is 0. The summed E-state index contributed by atoms with van der Waals surface area (Å²) in [5.41, 5.74) is 2.69. The maximum atomic E-state index is 12.9. The molecule has 2 aromatic rings. The highest BCUT2D eigenvalue weighted by Gasteiger charge is 2.35. The van der Waals surface area contributed by atoms with Crippen LogP contribution in [0.3, 0.4) is 0 Å². The van der Waals surface area contributed by atoms with Crippen LogP contribution in [0.5, 0.6) is 0 Å². The van der Waals surface area contributed by atoms with Crippen LogP contribution in [0.2, 0.25) is 0 Å². The van der Waals surface area contributed by atoms with Gasteiger partial charge in [-0.3, -0.25) is 9.48 Å². The second kappa shape index (κ2) is 7.97. The van der Waals surface area contributed by atoms with Crippen molar-refractivity contribution < 1.29 is 4.79 Å². The molecule has 1 N–H and O–H groups in total. The van der Waals surface area contributed by atoms with Crippen molar-refractivity contribution in [3.63, 3.8) is 0 Å². The summed E-state index contributed by atoms with van der Waals surface area (Å²) in [6.45, 7) is 7.65. The van der Waals surface area contributed by atoms with Gasteiger partial charge in [0.2, 0.25) is 5.91 Å². The number of anilines is 1. The van der Waals surface area contributed by atoms with Gasteiger partial charge in [0.15, 0.2) is 0 Å². The maximum Gasteiger partial charge on any atom is 0.225 e. The summed E-state index contributed by atoms with van der Waals surface area (Å²) < 4.78 is 3.73. The van der Waals surface area contributed by atoms with Crippen LogP contribution in [-0.2, 0) is 17.9 Å². The Balaban J connectivity index is 1.72. The number of aryl methyl sites for hydroxylation is 2. The van der Waals surface area contributed by atoms with Crippen LogP contribution >= 0.6 is 0 Å². The second-order valence-electron chi connectivity index (χ2n) is 7.56. The molecule has 0 spiro atoms. The van der Waals surface area contributed by atoms with E-state index >= 15 is 0 Å². The van der Waals surface area contributed by atoms with Crippen LogP contribution in [0.4, 0.5) is 5.69 Å². The van der Waals surface area contributed by atoms with Gasteiger partial charge in [0.25, 0.3) is 0 Å². The Morgan fingerprint density at radius 1 is 1.27 bits per heavy atom. The molecule has 0 unspecified atom stereocenters. The first-order valence-corrected chi connectivity index (χ1v) is 9.58. The molecule has 3 rings (SSSR count). The minimum Gasteiger partial charge on any atom is -0.323 e. The van der Waals surface area contributed by atoms with E-state index in [4.69, 9.17) is 0 Å². The first-order chi connectivity index (χ1) is 12.5. The Bertz CT molecular complexity index is 729. The Morgan fingerprint density at radius 3 is 2.69 bits per heavy atom. The number of rotatable bonds is 7. The molecule has 2 heterocycles. The van der Waals surface area contributed by atoms with Crippen molar-refractivity contribution >= 4 is 11.6 Å². The van der Waals surface area contributed by atoms with Gasteiger partial charge < -0.3 is 5.32 Å². The zero-order valence-electron chi connectivity index (χ0n) is 16.0. The van der Waals surface area contributed by atoms with E-state index < -0.39 is 0 Å². The summed E-state index contributed by atoms with van der Waals surface area (Å²) in [5.74, 6) is 0.0576. The second-order valence-corrected chi connectivity index (χ2v) is 7.56. The minimum absolute atomic E-state index is 0.0576. The van der Waals surface area contributed by atoms with Crippen LogP contribution < -0.4 is 5.32 Å². The third-order valence-corrected chi connectivity index (χ3v) is 5.42. The Hall–Kier alpha value is -2.25. The Labute approximate surface area is 154 Å². The van der Waals surface area contributed by atoms with E-state index in [1.165, 1.54) is 6.42 Å². The number of carbonyl (C=O) groups excluding carboxylic acids is 1. The predicted octanol–water partition coefficient (Wildman–Crippen LogP) is 2.88. The van der Waals surface area contributed by atoms with Gasteiger partial charge in [-0.05, 0) is 49.0 Å². The number of hydrogen-bond acceptors (Lipinski definition) is 5. The van der Waals surface area contributed by atoms with Crippen LogP contribution in [0.15, 0.2) is 6.33 Å². The van der Waals surface area contributed by atoms with Crippen molar-refractivity contribution in [3.8, 4) is 0 Å². The van der Waals surface area contributed by atoms with Gasteiger partial charge in [0.1, 0.15) is 6.33 Å². The maximum absolute atomic E-state index is 12.9. The average molecular weight is 359 g/mol. The van der Waals surface area contributed by atoms with Gasteiger partial charge in [-0.1, -0.05) is 26.2 Å². The fourth-order valence-corrected chi connectivity index (χ4v) is 4.12. The molecular weight excluding hydrogens is 330 g/mol. The molecule has 8 nitrogen and oxygen atoms in total. The monoisotopic (exact) mass is 359 g/mol. The third kappa shape index (κ3) is 4.11. The van der Waals surface area contributed by atoms with E-state index in [-0.39, 0.29) is 11.3 Å². The van der Waals surface area contributed by atoms with Crippen molar-refractivity contribution in [2.75, 3.05) is 5.32 Å². The van der Waals surface area contributed by atoms with E-state index in [0.717, 1.165) is 55.7 Å². The number of hydrogen-bond donors (Lipinski definition) is 1. The summed E-state index contributed by atoms with van der Waals surface area (Å²) in [6.07, 6.45) is 8.76. The van der Waals surface area contributed by atoms with Crippen molar-refractivity contribution in [2.45, 2.75) is 78.8 Å². The number of carbonyl (C=O) groups is 1. The van der Waals surface area contributed by atoms with Gasteiger partial charge in [-0.25, -0.2) is 4.68 Å². The Kier molecular flexibility index (Phi) is 5.68. The summed E-state index contributed by atoms with van der Waals surface area (Å²) in [6, 6.07) is 0. The van der Waals surface area contributed by atoms with Gasteiger partial charge in [0.05, 0.1) is 23.6 Å². The van der Waals surface area contributed by atoms with Crippen molar-refractivity contribution in [1.82, 2.24) is 30.0 Å². The molecule has 1 amide bonds. The summed E-state index contributed by atoms with van der Waals surface area (Å²) >= 11 is 0. The first kappa shape index (κ1) is 18.5. The van der Waals surface area contributed by atoms with E-state index in [9.17, 15) is 4.79 Å². The molecule has 142 valence electrons. The smallest absolute Gasteiger partial charge is 0.225 e. The molecule has 1 aliphatic carbocycles. The lowest BCUT2D eigenvalue weighted by molar-refractivity contribution is -0.119. The standard InChI is InChI=1S/C18H29N7O/c1-4-10-25-15(3)17(14(2)21-25)20-16(26)11-18(8-6-5-7-9-18)12-24-13-19-22-23-24/h13H,4-12H2,1-3H3,(H,20,26). The molecule has 1 saturated carbocycles. The van der Waals surface area contributed by atoms with Crippen molar-refractivity contribution in [3.05, 3.63) is 17.7 Å². The first-order valence-electron chi connectivity index (χ1n) is 9.58. The fraction of sp³-hybridized carbons (Fsp3) is 0.722. The lowest BCUT2D eigenvalue weighted by atomic mass is 9.71. The molecule has 0 aliphatic heterocycles. The van der Waals surface area contributed by atoms with E-state index in [2.05, 4.69) is 32.9 Å². The van der Waals surface area contributed by atoms with Crippen molar-refractivity contribution in [1.29, 1.82) is 0 Å². The lowest BCUT2D eigenvalue weighted by Gasteiger charge is -2.36. The highest BCUT2D eigenvalue weighted by molar-refractivity contribution is 5.92. The molecule has 1 fully saturated rings. The zero-order chi connectivity index (χ0) is 18.6. The van der Waals surface area contributed by atoms with Crippen molar-refractivity contribution in [2.24, 2.45) is 5.41 Å². The molecule has 8 heteroatoms.